The average molecular weight is 210 g/mol. The Balaban J connectivity index is 1.99. The van der Waals surface area contributed by atoms with E-state index in [0.717, 1.165) is 18.5 Å². The fraction of sp³-hybridized carbons (Fsp3) is 0.364. The van der Waals surface area contributed by atoms with Gasteiger partial charge in [-0.25, -0.2) is 0 Å². The SMILES string of the molecule is O=C(Nc1cccc(Cl)c1)C1CCC1. The molecule has 0 aliphatic heterocycles. The second-order valence-electron chi connectivity index (χ2n) is 3.63. The Labute approximate surface area is 88.3 Å². The van der Waals surface area contributed by atoms with Gasteiger partial charge in [0.1, 0.15) is 0 Å². The van der Waals surface area contributed by atoms with Crippen molar-refractivity contribution in [1.29, 1.82) is 0 Å². The normalized spacial score (nSPS) is 16.1. The highest BCUT2D eigenvalue weighted by atomic mass is 35.5. The maximum absolute atomic E-state index is 11.6. The Kier molecular flexibility index (Phi) is 2.73. The molecular weight excluding hydrogens is 198 g/mol. The van der Waals surface area contributed by atoms with Gasteiger partial charge >= 0.3 is 0 Å². The highest BCUT2D eigenvalue weighted by molar-refractivity contribution is 6.30. The Morgan fingerprint density at radius 3 is 2.79 bits per heavy atom. The van der Waals surface area contributed by atoms with Gasteiger partial charge in [-0.05, 0) is 31.0 Å². The molecule has 1 fully saturated rings. The maximum Gasteiger partial charge on any atom is 0.227 e. The summed E-state index contributed by atoms with van der Waals surface area (Å²) in [5, 5.41) is 3.51. The van der Waals surface area contributed by atoms with E-state index < -0.39 is 0 Å². The molecule has 1 aromatic carbocycles. The Hall–Kier alpha value is -1.02. The van der Waals surface area contributed by atoms with E-state index >= 15 is 0 Å². The monoisotopic (exact) mass is 209 g/mol. The first kappa shape index (κ1) is 9.53. The van der Waals surface area contributed by atoms with Gasteiger partial charge < -0.3 is 5.32 Å². The van der Waals surface area contributed by atoms with Gasteiger partial charge in [0.05, 0.1) is 0 Å². The Bertz CT molecular complexity index is 347. The Morgan fingerprint density at radius 2 is 2.21 bits per heavy atom. The van der Waals surface area contributed by atoms with Crippen LogP contribution in [0.2, 0.25) is 5.02 Å². The number of carbonyl (C=O) groups excluding carboxylic acids is 1. The van der Waals surface area contributed by atoms with E-state index in [9.17, 15) is 4.79 Å². The number of anilines is 1. The number of hydrogen-bond donors (Lipinski definition) is 1. The summed E-state index contributed by atoms with van der Waals surface area (Å²) in [5.74, 6) is 0.340. The zero-order valence-electron chi connectivity index (χ0n) is 7.79. The van der Waals surface area contributed by atoms with Crippen LogP contribution in [0.25, 0.3) is 0 Å². The minimum atomic E-state index is 0.124. The highest BCUT2D eigenvalue weighted by Crippen LogP contribution is 2.27. The smallest absolute Gasteiger partial charge is 0.227 e. The van der Waals surface area contributed by atoms with Gasteiger partial charge in [-0.1, -0.05) is 24.1 Å². The number of hydrogen-bond acceptors (Lipinski definition) is 1. The van der Waals surface area contributed by atoms with Crippen LogP contribution < -0.4 is 5.32 Å². The molecule has 0 bridgehead atoms. The summed E-state index contributed by atoms with van der Waals surface area (Å²) < 4.78 is 0. The molecule has 1 N–H and O–H groups in total. The fourth-order valence-electron chi connectivity index (χ4n) is 1.48. The van der Waals surface area contributed by atoms with Crippen molar-refractivity contribution in [3.05, 3.63) is 29.3 Å². The first-order chi connectivity index (χ1) is 6.75. The van der Waals surface area contributed by atoms with Crippen LogP contribution in [-0.4, -0.2) is 5.91 Å². The van der Waals surface area contributed by atoms with Crippen LogP contribution in [0.1, 0.15) is 19.3 Å². The molecular formula is C11H12ClNO. The molecule has 0 heterocycles. The lowest BCUT2D eigenvalue weighted by Gasteiger charge is -2.24. The highest BCUT2D eigenvalue weighted by Gasteiger charge is 2.24. The van der Waals surface area contributed by atoms with Crippen molar-refractivity contribution in [2.75, 3.05) is 5.32 Å². The third-order valence-corrected chi connectivity index (χ3v) is 2.80. The molecule has 1 aliphatic carbocycles. The number of benzene rings is 1. The summed E-state index contributed by atoms with van der Waals surface area (Å²) in [6.07, 6.45) is 3.21. The number of halogens is 1. The van der Waals surface area contributed by atoms with E-state index in [1.807, 2.05) is 12.1 Å². The minimum absolute atomic E-state index is 0.124. The second-order valence-corrected chi connectivity index (χ2v) is 4.06. The molecule has 1 amide bonds. The molecule has 0 radical (unpaired) electrons. The van der Waals surface area contributed by atoms with E-state index in [0.29, 0.717) is 5.02 Å². The summed E-state index contributed by atoms with van der Waals surface area (Å²) in [7, 11) is 0. The van der Waals surface area contributed by atoms with E-state index in [4.69, 9.17) is 11.6 Å². The van der Waals surface area contributed by atoms with Crippen molar-refractivity contribution in [3.8, 4) is 0 Å². The van der Waals surface area contributed by atoms with E-state index in [-0.39, 0.29) is 11.8 Å². The van der Waals surface area contributed by atoms with Crippen molar-refractivity contribution in [3.63, 3.8) is 0 Å². The van der Waals surface area contributed by atoms with Gasteiger partial charge in [0.2, 0.25) is 5.91 Å². The first-order valence-corrected chi connectivity index (χ1v) is 5.20. The van der Waals surface area contributed by atoms with Gasteiger partial charge in [-0.3, -0.25) is 4.79 Å². The summed E-state index contributed by atoms with van der Waals surface area (Å²) >= 11 is 5.80. The molecule has 14 heavy (non-hydrogen) atoms. The average Bonchev–Trinajstić information content (AvgIpc) is 1.99. The zero-order chi connectivity index (χ0) is 9.97. The van der Waals surface area contributed by atoms with Crippen LogP contribution in [0.5, 0.6) is 0 Å². The second kappa shape index (κ2) is 4.01. The number of amides is 1. The maximum atomic E-state index is 11.6. The lowest BCUT2D eigenvalue weighted by molar-refractivity contribution is -0.122. The third-order valence-electron chi connectivity index (χ3n) is 2.57. The first-order valence-electron chi connectivity index (χ1n) is 4.82. The van der Waals surface area contributed by atoms with Crippen molar-refractivity contribution >= 4 is 23.2 Å². The van der Waals surface area contributed by atoms with Crippen molar-refractivity contribution in [2.45, 2.75) is 19.3 Å². The van der Waals surface area contributed by atoms with Crippen LogP contribution in [0.4, 0.5) is 5.69 Å². The molecule has 3 heteroatoms. The molecule has 0 aromatic heterocycles. The number of nitrogens with one attached hydrogen (secondary N) is 1. The van der Waals surface area contributed by atoms with Gasteiger partial charge in [0.15, 0.2) is 0 Å². The van der Waals surface area contributed by atoms with Crippen molar-refractivity contribution < 1.29 is 4.79 Å². The Morgan fingerprint density at radius 1 is 1.43 bits per heavy atom. The standard InChI is InChI=1S/C11H12ClNO/c12-9-5-2-6-10(7-9)13-11(14)8-3-1-4-8/h2,5-8H,1,3-4H2,(H,13,14). The largest absolute Gasteiger partial charge is 0.326 e. The van der Waals surface area contributed by atoms with E-state index in [1.165, 1.54) is 6.42 Å². The molecule has 2 rings (SSSR count). The lowest BCUT2D eigenvalue weighted by atomic mass is 9.85. The number of carbonyl (C=O) groups is 1. The molecule has 74 valence electrons. The van der Waals surface area contributed by atoms with Crippen molar-refractivity contribution in [2.24, 2.45) is 5.92 Å². The molecule has 0 atom stereocenters. The quantitative estimate of drug-likeness (QED) is 0.797. The summed E-state index contributed by atoms with van der Waals surface area (Å²) in [5.41, 5.74) is 0.786. The summed E-state index contributed by atoms with van der Waals surface area (Å²) in [4.78, 5) is 11.6. The topological polar surface area (TPSA) is 29.1 Å². The van der Waals surface area contributed by atoms with Crippen LogP contribution in [0.3, 0.4) is 0 Å². The summed E-state index contributed by atoms with van der Waals surface area (Å²) in [6, 6.07) is 7.24. The number of rotatable bonds is 2. The predicted molar refractivity (Wildman–Crippen MR) is 57.4 cm³/mol. The molecule has 1 saturated carbocycles. The van der Waals surface area contributed by atoms with Gasteiger partial charge in [-0.2, -0.15) is 0 Å². The summed E-state index contributed by atoms with van der Waals surface area (Å²) in [6.45, 7) is 0. The van der Waals surface area contributed by atoms with E-state index in [1.54, 1.807) is 12.1 Å². The minimum Gasteiger partial charge on any atom is -0.326 e. The zero-order valence-corrected chi connectivity index (χ0v) is 8.55. The molecule has 0 unspecified atom stereocenters. The molecule has 0 spiro atoms. The lowest BCUT2D eigenvalue weighted by Crippen LogP contribution is -2.27. The molecule has 1 aromatic rings. The molecule has 0 saturated heterocycles. The van der Waals surface area contributed by atoms with Gasteiger partial charge in [0.25, 0.3) is 0 Å². The van der Waals surface area contributed by atoms with Gasteiger partial charge in [-0.15, -0.1) is 0 Å². The van der Waals surface area contributed by atoms with Crippen LogP contribution in [0, 0.1) is 5.92 Å². The van der Waals surface area contributed by atoms with E-state index in [2.05, 4.69) is 5.32 Å². The van der Waals surface area contributed by atoms with Crippen LogP contribution in [0.15, 0.2) is 24.3 Å². The predicted octanol–water partition coefficient (Wildman–Crippen LogP) is 3.08. The third kappa shape index (κ3) is 2.07. The molecule has 2 nitrogen and oxygen atoms in total. The molecule has 1 aliphatic rings. The van der Waals surface area contributed by atoms with Crippen LogP contribution in [-0.2, 0) is 4.79 Å². The van der Waals surface area contributed by atoms with Crippen LogP contribution >= 0.6 is 11.6 Å². The van der Waals surface area contributed by atoms with Crippen molar-refractivity contribution in [1.82, 2.24) is 0 Å². The van der Waals surface area contributed by atoms with Gasteiger partial charge in [0, 0.05) is 16.6 Å². The fourth-order valence-corrected chi connectivity index (χ4v) is 1.67.